The lowest BCUT2D eigenvalue weighted by atomic mass is 10.1. The molecule has 0 bridgehead atoms. The molecule has 0 radical (unpaired) electrons. The van der Waals surface area contributed by atoms with Crippen LogP contribution in [0.4, 0.5) is 0 Å². The summed E-state index contributed by atoms with van der Waals surface area (Å²) < 4.78 is 24.3. The lowest BCUT2D eigenvalue weighted by molar-refractivity contribution is 0.533. The first kappa shape index (κ1) is 11.9. The fourth-order valence-corrected chi connectivity index (χ4v) is 4.31. The highest BCUT2D eigenvalue weighted by Gasteiger charge is 2.42. The fraction of sp³-hybridized carbons (Fsp3) is 0.500. The predicted molar refractivity (Wildman–Crippen MR) is 65.5 cm³/mol. The Morgan fingerprint density at radius 3 is 2.12 bits per heavy atom. The zero-order chi connectivity index (χ0) is 11.8. The van der Waals surface area contributed by atoms with E-state index < -0.39 is 14.6 Å². The normalized spacial score (nSPS) is 19.9. The predicted octanol–water partition coefficient (Wildman–Crippen LogP) is 3.45. The average Bonchev–Trinajstić information content (AvgIpc) is 2.67. The molecular weight excluding hydrogens is 244 g/mol. The number of halogens is 1. The first-order valence-corrected chi connectivity index (χ1v) is 7.32. The number of rotatable bonds is 2. The second kappa shape index (κ2) is 4.04. The van der Waals surface area contributed by atoms with Crippen molar-refractivity contribution >= 4 is 21.4 Å². The van der Waals surface area contributed by atoms with Gasteiger partial charge in [-0.15, -0.1) is 0 Å². The van der Waals surface area contributed by atoms with Crippen LogP contribution in [0.1, 0.15) is 32.6 Å². The summed E-state index contributed by atoms with van der Waals surface area (Å²) in [6, 6.07) is 6.46. The molecule has 1 aromatic rings. The molecular formula is C12H15ClO2S. The van der Waals surface area contributed by atoms with Crippen LogP contribution < -0.4 is 0 Å². The summed E-state index contributed by atoms with van der Waals surface area (Å²) in [7, 11) is -3.21. The number of hydrogen-bond acceptors (Lipinski definition) is 2. The molecule has 0 aliphatic heterocycles. The third-order valence-corrected chi connectivity index (χ3v) is 6.28. The van der Waals surface area contributed by atoms with Crippen LogP contribution in [-0.2, 0) is 9.84 Å². The smallest absolute Gasteiger partial charge is 0.183 e. The van der Waals surface area contributed by atoms with Gasteiger partial charge in [0.25, 0.3) is 0 Å². The van der Waals surface area contributed by atoms with Crippen LogP contribution >= 0.6 is 11.6 Å². The lowest BCUT2D eigenvalue weighted by Crippen LogP contribution is -2.31. The van der Waals surface area contributed by atoms with Gasteiger partial charge in [0.1, 0.15) is 0 Å². The van der Waals surface area contributed by atoms with E-state index in [0.717, 1.165) is 25.7 Å². The highest BCUT2D eigenvalue weighted by Crippen LogP contribution is 2.39. The van der Waals surface area contributed by atoms with Crippen LogP contribution in [0.25, 0.3) is 0 Å². The fourth-order valence-electron chi connectivity index (χ4n) is 2.29. The van der Waals surface area contributed by atoms with Crippen LogP contribution in [0.2, 0.25) is 5.02 Å². The maximum Gasteiger partial charge on any atom is 0.183 e. The van der Waals surface area contributed by atoms with Crippen LogP contribution in [0.3, 0.4) is 0 Å². The number of hydrogen-bond donors (Lipinski definition) is 0. The second-order valence-corrected chi connectivity index (χ2v) is 7.51. The Kier molecular flexibility index (Phi) is 3.01. The molecule has 0 N–H and O–H groups in total. The van der Waals surface area contributed by atoms with E-state index in [1.807, 2.05) is 6.92 Å². The van der Waals surface area contributed by atoms with Gasteiger partial charge in [0.05, 0.1) is 9.64 Å². The Bertz CT molecular complexity index is 470. The van der Waals surface area contributed by atoms with Gasteiger partial charge in [0, 0.05) is 5.02 Å². The van der Waals surface area contributed by atoms with Gasteiger partial charge in [-0.25, -0.2) is 8.42 Å². The highest BCUT2D eigenvalue weighted by atomic mass is 35.5. The maximum absolute atomic E-state index is 12.4. The maximum atomic E-state index is 12.4. The van der Waals surface area contributed by atoms with E-state index in [0.29, 0.717) is 9.92 Å². The molecule has 0 aromatic heterocycles. The van der Waals surface area contributed by atoms with Crippen molar-refractivity contribution in [1.82, 2.24) is 0 Å². The van der Waals surface area contributed by atoms with Gasteiger partial charge in [-0.05, 0) is 44.0 Å². The van der Waals surface area contributed by atoms with Gasteiger partial charge in [-0.2, -0.15) is 0 Å². The van der Waals surface area contributed by atoms with Crippen molar-refractivity contribution in [2.45, 2.75) is 42.2 Å². The van der Waals surface area contributed by atoms with Crippen LogP contribution in [0.15, 0.2) is 29.2 Å². The Hall–Kier alpha value is -0.540. The topological polar surface area (TPSA) is 34.1 Å². The summed E-state index contributed by atoms with van der Waals surface area (Å²) >= 11 is 5.76. The van der Waals surface area contributed by atoms with Gasteiger partial charge in [-0.1, -0.05) is 24.4 Å². The highest BCUT2D eigenvalue weighted by molar-refractivity contribution is 7.92. The van der Waals surface area contributed by atoms with E-state index in [4.69, 9.17) is 11.6 Å². The van der Waals surface area contributed by atoms with Crippen molar-refractivity contribution in [3.63, 3.8) is 0 Å². The van der Waals surface area contributed by atoms with Crippen LogP contribution in [-0.4, -0.2) is 13.2 Å². The SMILES string of the molecule is CC1(S(=O)(=O)c2ccc(Cl)cc2)CCCC1. The van der Waals surface area contributed by atoms with Gasteiger partial charge in [0.15, 0.2) is 9.84 Å². The second-order valence-electron chi connectivity index (χ2n) is 4.61. The van der Waals surface area contributed by atoms with E-state index in [2.05, 4.69) is 0 Å². The molecule has 4 heteroatoms. The van der Waals surface area contributed by atoms with Crippen molar-refractivity contribution in [2.24, 2.45) is 0 Å². The molecule has 0 unspecified atom stereocenters. The van der Waals surface area contributed by atoms with Crippen LogP contribution in [0.5, 0.6) is 0 Å². The first-order chi connectivity index (χ1) is 7.46. The van der Waals surface area contributed by atoms with Gasteiger partial charge < -0.3 is 0 Å². The quantitative estimate of drug-likeness (QED) is 0.814. The molecule has 1 aliphatic rings. The van der Waals surface area contributed by atoms with Crippen molar-refractivity contribution < 1.29 is 8.42 Å². The van der Waals surface area contributed by atoms with E-state index in [-0.39, 0.29) is 0 Å². The Labute approximate surface area is 102 Å². The molecule has 0 heterocycles. The Morgan fingerprint density at radius 2 is 1.62 bits per heavy atom. The molecule has 0 saturated heterocycles. The summed E-state index contributed by atoms with van der Waals surface area (Å²) in [5.74, 6) is 0. The van der Waals surface area contributed by atoms with Crippen LogP contribution in [0, 0.1) is 0 Å². The molecule has 2 nitrogen and oxygen atoms in total. The molecule has 1 aliphatic carbocycles. The van der Waals surface area contributed by atoms with Gasteiger partial charge >= 0.3 is 0 Å². The number of sulfone groups is 1. The molecule has 1 fully saturated rings. The molecule has 0 amide bonds. The zero-order valence-corrected chi connectivity index (χ0v) is 10.8. The molecule has 88 valence electrons. The van der Waals surface area contributed by atoms with E-state index >= 15 is 0 Å². The van der Waals surface area contributed by atoms with Crippen molar-refractivity contribution in [2.75, 3.05) is 0 Å². The minimum atomic E-state index is -3.21. The third kappa shape index (κ3) is 1.87. The molecule has 2 rings (SSSR count). The summed E-state index contributed by atoms with van der Waals surface area (Å²) in [5.41, 5.74) is 0. The van der Waals surface area contributed by atoms with Crippen molar-refractivity contribution in [3.8, 4) is 0 Å². The molecule has 1 aromatic carbocycles. The molecule has 0 atom stereocenters. The van der Waals surface area contributed by atoms with E-state index in [1.54, 1.807) is 24.3 Å². The van der Waals surface area contributed by atoms with Gasteiger partial charge in [-0.3, -0.25) is 0 Å². The van der Waals surface area contributed by atoms with Crippen molar-refractivity contribution in [1.29, 1.82) is 0 Å². The lowest BCUT2D eigenvalue weighted by Gasteiger charge is -2.23. The molecule has 16 heavy (non-hydrogen) atoms. The Morgan fingerprint density at radius 1 is 1.12 bits per heavy atom. The summed E-state index contributed by atoms with van der Waals surface area (Å²) in [6.07, 6.45) is 3.53. The van der Waals surface area contributed by atoms with E-state index in [1.165, 1.54) is 0 Å². The average molecular weight is 259 g/mol. The first-order valence-electron chi connectivity index (χ1n) is 5.46. The van der Waals surface area contributed by atoms with E-state index in [9.17, 15) is 8.42 Å². The Balaban J connectivity index is 2.42. The summed E-state index contributed by atoms with van der Waals surface area (Å²) in [6.45, 7) is 1.85. The standard InChI is InChI=1S/C12H15ClO2S/c1-12(8-2-3-9-12)16(14,15)11-6-4-10(13)5-7-11/h4-7H,2-3,8-9H2,1H3. The molecule has 0 spiro atoms. The number of benzene rings is 1. The zero-order valence-electron chi connectivity index (χ0n) is 9.24. The minimum absolute atomic E-state index is 0.390. The summed E-state index contributed by atoms with van der Waals surface area (Å²) in [4.78, 5) is 0.390. The summed E-state index contributed by atoms with van der Waals surface area (Å²) in [5, 5.41) is 0.565. The largest absolute Gasteiger partial charge is 0.223 e. The van der Waals surface area contributed by atoms with Gasteiger partial charge in [0.2, 0.25) is 0 Å². The minimum Gasteiger partial charge on any atom is -0.223 e. The monoisotopic (exact) mass is 258 g/mol. The third-order valence-electron chi connectivity index (χ3n) is 3.43. The molecule has 1 saturated carbocycles. The van der Waals surface area contributed by atoms with Crippen molar-refractivity contribution in [3.05, 3.63) is 29.3 Å².